The van der Waals surface area contributed by atoms with Gasteiger partial charge in [-0.2, -0.15) is 5.10 Å². The standard InChI is InChI=1S/C24H22FN3OS/c1-24(2,3)21-14-30-23(26-21)17-6-4-15(5-7-17)12-18-13-20(27-28-22(18)29)16-8-10-19(25)11-9-16/h4-11,13-14H,12H2,1-3H3,(H,28,29). The Balaban J connectivity index is 1.56. The summed E-state index contributed by atoms with van der Waals surface area (Å²) < 4.78 is 13.2. The van der Waals surface area contributed by atoms with Crippen LogP contribution in [-0.2, 0) is 11.8 Å². The summed E-state index contributed by atoms with van der Waals surface area (Å²) in [7, 11) is 0. The van der Waals surface area contributed by atoms with E-state index in [4.69, 9.17) is 4.98 Å². The number of benzene rings is 2. The molecule has 4 nitrogen and oxygen atoms in total. The van der Waals surface area contributed by atoms with Gasteiger partial charge in [-0.25, -0.2) is 14.5 Å². The Labute approximate surface area is 178 Å². The zero-order valence-electron chi connectivity index (χ0n) is 17.1. The van der Waals surface area contributed by atoms with E-state index < -0.39 is 0 Å². The summed E-state index contributed by atoms with van der Waals surface area (Å²) in [5.41, 5.74) is 4.95. The Bertz CT molecular complexity index is 1220. The molecule has 0 amide bonds. The first-order valence-corrected chi connectivity index (χ1v) is 10.6. The van der Waals surface area contributed by atoms with Crippen molar-refractivity contribution >= 4 is 11.3 Å². The molecule has 4 rings (SSSR count). The molecule has 152 valence electrons. The molecule has 4 aromatic rings. The maximum atomic E-state index is 13.2. The molecular weight excluding hydrogens is 397 g/mol. The van der Waals surface area contributed by atoms with E-state index in [-0.39, 0.29) is 16.8 Å². The summed E-state index contributed by atoms with van der Waals surface area (Å²) in [6.45, 7) is 6.46. The van der Waals surface area contributed by atoms with Crippen molar-refractivity contribution in [3.05, 3.63) is 93.0 Å². The SMILES string of the molecule is CC(C)(C)c1csc(-c2ccc(Cc3cc(-c4ccc(F)cc4)n[nH]c3=O)cc2)n1. The maximum absolute atomic E-state index is 13.2. The monoisotopic (exact) mass is 419 g/mol. The fraction of sp³-hybridized carbons (Fsp3) is 0.208. The van der Waals surface area contributed by atoms with Crippen molar-refractivity contribution in [1.82, 2.24) is 15.2 Å². The van der Waals surface area contributed by atoms with E-state index in [1.165, 1.54) is 12.1 Å². The van der Waals surface area contributed by atoms with E-state index in [9.17, 15) is 9.18 Å². The van der Waals surface area contributed by atoms with Gasteiger partial charge in [-0.05, 0) is 35.9 Å². The fourth-order valence-corrected chi connectivity index (χ4v) is 4.13. The van der Waals surface area contributed by atoms with Gasteiger partial charge < -0.3 is 0 Å². The van der Waals surface area contributed by atoms with Crippen LogP contribution in [0.2, 0.25) is 0 Å². The molecule has 0 spiro atoms. The van der Waals surface area contributed by atoms with E-state index >= 15 is 0 Å². The van der Waals surface area contributed by atoms with Crippen LogP contribution in [0.4, 0.5) is 4.39 Å². The van der Waals surface area contributed by atoms with Crippen LogP contribution in [0, 0.1) is 5.82 Å². The normalized spacial score (nSPS) is 11.6. The molecule has 2 aromatic carbocycles. The molecule has 0 radical (unpaired) electrons. The Morgan fingerprint density at radius 1 is 1.00 bits per heavy atom. The van der Waals surface area contributed by atoms with Gasteiger partial charge in [-0.15, -0.1) is 11.3 Å². The molecule has 0 unspecified atom stereocenters. The van der Waals surface area contributed by atoms with Gasteiger partial charge in [0.25, 0.3) is 5.56 Å². The van der Waals surface area contributed by atoms with Gasteiger partial charge in [0.15, 0.2) is 0 Å². The molecule has 0 saturated carbocycles. The number of rotatable bonds is 4. The molecule has 30 heavy (non-hydrogen) atoms. The minimum atomic E-state index is -0.307. The predicted molar refractivity (Wildman–Crippen MR) is 119 cm³/mol. The molecule has 0 aliphatic heterocycles. The van der Waals surface area contributed by atoms with Crippen LogP contribution in [0.1, 0.15) is 37.6 Å². The Kier molecular flexibility index (Phi) is 5.35. The van der Waals surface area contributed by atoms with E-state index in [0.717, 1.165) is 27.4 Å². The van der Waals surface area contributed by atoms with Gasteiger partial charge in [0.2, 0.25) is 0 Å². The van der Waals surface area contributed by atoms with Gasteiger partial charge in [-0.3, -0.25) is 4.79 Å². The number of nitrogens with zero attached hydrogens (tertiary/aromatic N) is 2. The van der Waals surface area contributed by atoms with Crippen molar-refractivity contribution < 1.29 is 4.39 Å². The number of nitrogens with one attached hydrogen (secondary N) is 1. The van der Waals surface area contributed by atoms with Crippen LogP contribution in [0.5, 0.6) is 0 Å². The van der Waals surface area contributed by atoms with E-state index in [2.05, 4.69) is 36.3 Å². The molecule has 0 bridgehead atoms. The Morgan fingerprint density at radius 2 is 1.67 bits per heavy atom. The topological polar surface area (TPSA) is 58.6 Å². The van der Waals surface area contributed by atoms with Crippen molar-refractivity contribution in [1.29, 1.82) is 0 Å². The summed E-state index contributed by atoms with van der Waals surface area (Å²) in [4.78, 5) is 17.0. The van der Waals surface area contributed by atoms with Crippen LogP contribution in [0.15, 0.2) is 64.8 Å². The van der Waals surface area contributed by atoms with Crippen LogP contribution in [-0.4, -0.2) is 15.2 Å². The van der Waals surface area contributed by atoms with Crippen molar-refractivity contribution in [3.63, 3.8) is 0 Å². The third kappa shape index (κ3) is 4.39. The number of hydrogen-bond donors (Lipinski definition) is 1. The molecule has 0 fully saturated rings. The highest BCUT2D eigenvalue weighted by atomic mass is 32.1. The summed E-state index contributed by atoms with van der Waals surface area (Å²) in [6, 6.07) is 15.9. The first-order valence-electron chi connectivity index (χ1n) is 9.69. The molecular formula is C24H22FN3OS. The van der Waals surface area contributed by atoms with Crippen molar-refractivity contribution in [2.75, 3.05) is 0 Å². The molecule has 2 heterocycles. The average molecular weight is 420 g/mol. The zero-order valence-corrected chi connectivity index (χ0v) is 17.9. The van der Waals surface area contributed by atoms with Crippen LogP contribution < -0.4 is 5.56 Å². The molecule has 1 N–H and O–H groups in total. The molecule has 2 aromatic heterocycles. The lowest BCUT2D eigenvalue weighted by Gasteiger charge is -2.14. The fourth-order valence-electron chi connectivity index (χ4n) is 3.08. The number of thiazole rings is 1. The first-order chi connectivity index (χ1) is 14.3. The summed E-state index contributed by atoms with van der Waals surface area (Å²) in [5, 5.41) is 9.74. The third-order valence-electron chi connectivity index (χ3n) is 4.89. The quantitative estimate of drug-likeness (QED) is 0.469. The Hall–Kier alpha value is -3.12. The molecule has 0 aliphatic carbocycles. The molecule has 0 aliphatic rings. The second-order valence-corrected chi connectivity index (χ2v) is 9.13. The average Bonchev–Trinajstić information content (AvgIpc) is 3.22. The number of H-pyrrole nitrogens is 1. The Morgan fingerprint density at radius 3 is 2.30 bits per heavy atom. The van der Waals surface area contributed by atoms with Gasteiger partial charge in [0.1, 0.15) is 10.8 Å². The third-order valence-corrected chi connectivity index (χ3v) is 5.78. The van der Waals surface area contributed by atoms with Gasteiger partial charge >= 0.3 is 0 Å². The minimum Gasteiger partial charge on any atom is -0.268 e. The van der Waals surface area contributed by atoms with E-state index in [1.807, 2.05) is 24.3 Å². The highest BCUT2D eigenvalue weighted by molar-refractivity contribution is 7.13. The summed E-state index contributed by atoms with van der Waals surface area (Å²) in [6.07, 6.45) is 0.484. The molecule has 0 saturated heterocycles. The van der Waals surface area contributed by atoms with Crippen LogP contribution in [0.25, 0.3) is 21.8 Å². The van der Waals surface area contributed by atoms with Crippen molar-refractivity contribution in [3.8, 4) is 21.8 Å². The predicted octanol–water partition coefficient (Wildman–Crippen LogP) is 5.59. The van der Waals surface area contributed by atoms with E-state index in [1.54, 1.807) is 29.5 Å². The van der Waals surface area contributed by atoms with Crippen molar-refractivity contribution in [2.24, 2.45) is 0 Å². The second kappa shape index (κ2) is 7.95. The highest BCUT2D eigenvalue weighted by Crippen LogP contribution is 2.30. The lowest BCUT2D eigenvalue weighted by atomic mass is 9.93. The lowest BCUT2D eigenvalue weighted by molar-refractivity contribution is 0.573. The van der Waals surface area contributed by atoms with Gasteiger partial charge in [0, 0.05) is 33.9 Å². The number of aromatic amines is 1. The van der Waals surface area contributed by atoms with E-state index in [0.29, 0.717) is 17.7 Å². The zero-order chi connectivity index (χ0) is 21.3. The highest BCUT2D eigenvalue weighted by Gasteiger charge is 2.18. The van der Waals surface area contributed by atoms with Gasteiger partial charge in [-0.1, -0.05) is 45.0 Å². The minimum absolute atomic E-state index is 0.0271. The number of hydrogen-bond acceptors (Lipinski definition) is 4. The first kappa shape index (κ1) is 20.2. The summed E-state index contributed by atoms with van der Waals surface area (Å²) >= 11 is 1.64. The lowest BCUT2D eigenvalue weighted by Crippen LogP contribution is -2.15. The largest absolute Gasteiger partial charge is 0.268 e. The van der Waals surface area contributed by atoms with Gasteiger partial charge in [0.05, 0.1) is 11.4 Å². The second-order valence-electron chi connectivity index (χ2n) is 8.28. The smallest absolute Gasteiger partial charge is 0.267 e. The number of halogens is 1. The molecule has 0 atom stereocenters. The number of aromatic nitrogens is 3. The van der Waals surface area contributed by atoms with Crippen LogP contribution in [0.3, 0.4) is 0 Å². The molecule has 6 heteroatoms. The van der Waals surface area contributed by atoms with Crippen molar-refractivity contribution in [2.45, 2.75) is 32.6 Å². The van der Waals surface area contributed by atoms with Crippen LogP contribution >= 0.6 is 11.3 Å². The maximum Gasteiger partial charge on any atom is 0.267 e. The summed E-state index contributed by atoms with van der Waals surface area (Å²) in [5.74, 6) is -0.307.